The molecule has 0 aliphatic heterocycles. The molecule has 0 radical (unpaired) electrons. The zero-order chi connectivity index (χ0) is 26.3. The summed E-state index contributed by atoms with van der Waals surface area (Å²) in [7, 11) is -1.56. The molecule has 194 valence electrons. The molecule has 0 saturated heterocycles. The van der Waals surface area contributed by atoms with Crippen LogP contribution < -0.4 is 5.32 Å². The van der Waals surface area contributed by atoms with Gasteiger partial charge in [-0.05, 0) is 48.8 Å². The zero-order valence-corrected chi connectivity index (χ0v) is 21.7. The maximum atomic E-state index is 13.3. The maximum Gasteiger partial charge on any atom is 0.416 e. The topological polar surface area (TPSA) is 80.0 Å². The lowest BCUT2D eigenvalue weighted by atomic mass is 9.93. The summed E-state index contributed by atoms with van der Waals surface area (Å²) in [4.78, 5) is 1.08. The Bertz CT molecular complexity index is 1190. The van der Waals surface area contributed by atoms with Gasteiger partial charge in [-0.15, -0.1) is 21.5 Å². The molecule has 3 rings (SSSR count). The molecule has 2 N–H and O–H groups in total. The summed E-state index contributed by atoms with van der Waals surface area (Å²) in [6.07, 6.45) is 5.59. The van der Waals surface area contributed by atoms with Gasteiger partial charge in [0.2, 0.25) is 5.16 Å². The third-order valence-electron chi connectivity index (χ3n) is 5.65. The minimum Gasteiger partial charge on any atom is -0.371 e. The van der Waals surface area contributed by atoms with Crippen molar-refractivity contribution in [1.82, 2.24) is 20.1 Å². The molecular formula is C25H29F3N4O2S2. The number of aromatic nitrogens is 3. The Morgan fingerprint density at radius 3 is 2.86 bits per heavy atom. The van der Waals surface area contributed by atoms with E-state index in [1.165, 1.54) is 23.8 Å². The third kappa shape index (κ3) is 6.78. The van der Waals surface area contributed by atoms with Crippen molar-refractivity contribution < 1.29 is 22.5 Å². The van der Waals surface area contributed by atoms with E-state index in [0.29, 0.717) is 6.42 Å². The smallest absolute Gasteiger partial charge is 0.371 e. The van der Waals surface area contributed by atoms with Gasteiger partial charge < -0.3 is 5.11 Å². The molecule has 0 bridgehead atoms. The summed E-state index contributed by atoms with van der Waals surface area (Å²) < 4.78 is 54.2. The van der Waals surface area contributed by atoms with Crippen molar-refractivity contribution >= 4 is 33.9 Å². The van der Waals surface area contributed by atoms with Crippen LogP contribution in [0.2, 0.25) is 0 Å². The highest BCUT2D eigenvalue weighted by Crippen LogP contribution is 2.34. The Kier molecular flexibility index (Phi) is 9.77. The highest BCUT2D eigenvalue weighted by atomic mass is 32.2. The number of nitrogens with zero attached hydrogens (tertiary/aromatic N) is 3. The van der Waals surface area contributed by atoms with Crippen molar-refractivity contribution in [3.8, 4) is 0 Å². The number of thiophene rings is 1. The second-order valence-corrected chi connectivity index (χ2v) is 10.5. The van der Waals surface area contributed by atoms with Gasteiger partial charge in [0.05, 0.1) is 16.4 Å². The Balaban J connectivity index is 1.74. The number of hydrogen-bond acceptors (Lipinski definition) is 6. The Hall–Kier alpha value is -2.60. The predicted octanol–water partition coefficient (Wildman–Crippen LogP) is 5.78. The molecule has 3 atom stereocenters. The summed E-state index contributed by atoms with van der Waals surface area (Å²) in [5, 5.41) is 23.5. The predicted molar refractivity (Wildman–Crippen MR) is 138 cm³/mol. The van der Waals surface area contributed by atoms with Crippen molar-refractivity contribution in [2.45, 2.75) is 56.7 Å². The fourth-order valence-electron chi connectivity index (χ4n) is 3.76. The lowest BCUT2D eigenvalue weighted by Gasteiger charge is -2.27. The minimum atomic E-state index is -4.49. The number of nitrogens with one attached hydrogen (secondary N) is 1. The zero-order valence-electron chi connectivity index (χ0n) is 20.0. The summed E-state index contributed by atoms with van der Waals surface area (Å²) in [6.45, 7) is 7.13. The van der Waals surface area contributed by atoms with Crippen molar-refractivity contribution in [2.75, 3.05) is 5.75 Å². The van der Waals surface area contributed by atoms with Crippen molar-refractivity contribution in [1.29, 1.82) is 0 Å². The number of hydrogen-bond donors (Lipinski definition) is 2. The first kappa shape index (κ1) is 28.0. The second kappa shape index (κ2) is 12.6. The van der Waals surface area contributed by atoms with Crippen molar-refractivity contribution in [3.05, 3.63) is 76.3 Å². The SMILES string of the molecule is C=Cn1c(C(O)NC2CC=CC(C(F)(F)F)=C2C)nnc1S(=O)CC/C(=C\C=C/CC)c1cccs1. The van der Waals surface area contributed by atoms with Crippen molar-refractivity contribution in [2.24, 2.45) is 0 Å². The first-order valence-corrected chi connectivity index (χ1v) is 13.6. The molecule has 0 spiro atoms. The standard InChI is InChI=1S/C25H29F3N4O2S2/c1-4-6-7-10-18(21-13-9-15-35-21)14-16-36(34)24-31-30-22(32(24)5-2)23(33)29-20-12-8-11-19(17(20)3)25(26,27)28/h5-11,13,15,20,23,29,33H,2,4,12,14,16H2,1,3H3/b7-6-,18-10+. The monoisotopic (exact) mass is 538 g/mol. The largest absolute Gasteiger partial charge is 0.416 e. The van der Waals surface area contributed by atoms with Gasteiger partial charge in [0.25, 0.3) is 0 Å². The highest BCUT2D eigenvalue weighted by molar-refractivity contribution is 7.84. The van der Waals surface area contributed by atoms with E-state index in [0.717, 1.165) is 22.9 Å². The third-order valence-corrected chi connectivity index (χ3v) is 7.86. The van der Waals surface area contributed by atoms with E-state index in [2.05, 4.69) is 22.1 Å². The molecule has 2 aromatic rings. The van der Waals surface area contributed by atoms with E-state index in [-0.39, 0.29) is 28.7 Å². The second-order valence-electron chi connectivity index (χ2n) is 8.05. The molecule has 11 heteroatoms. The van der Waals surface area contributed by atoms with E-state index in [1.807, 2.05) is 42.7 Å². The van der Waals surface area contributed by atoms with Crippen LogP contribution in [-0.4, -0.2) is 42.1 Å². The maximum absolute atomic E-state index is 13.3. The number of halogens is 3. The van der Waals surface area contributed by atoms with Crippen LogP contribution >= 0.6 is 11.3 Å². The van der Waals surface area contributed by atoms with Crippen LogP contribution in [0.5, 0.6) is 0 Å². The number of alkyl halides is 3. The van der Waals surface area contributed by atoms with Crippen LogP contribution in [0.1, 0.15) is 50.0 Å². The lowest BCUT2D eigenvalue weighted by molar-refractivity contribution is -0.0896. The van der Waals surface area contributed by atoms with Crippen LogP contribution in [-0.2, 0) is 10.8 Å². The van der Waals surface area contributed by atoms with E-state index >= 15 is 0 Å². The summed E-state index contributed by atoms with van der Waals surface area (Å²) >= 11 is 1.60. The molecule has 3 unspecified atom stereocenters. The van der Waals surface area contributed by atoms with Crippen molar-refractivity contribution in [3.63, 3.8) is 0 Å². The highest BCUT2D eigenvalue weighted by Gasteiger charge is 2.37. The molecule has 1 aliphatic carbocycles. The average Bonchev–Trinajstić information content (AvgIpc) is 3.51. The van der Waals surface area contributed by atoms with Crippen LogP contribution in [0.4, 0.5) is 13.2 Å². The number of rotatable bonds is 11. The molecular weight excluding hydrogens is 509 g/mol. The first-order valence-electron chi connectivity index (χ1n) is 11.4. The Morgan fingerprint density at radius 2 is 2.22 bits per heavy atom. The molecule has 0 aromatic carbocycles. The van der Waals surface area contributed by atoms with Gasteiger partial charge in [0.1, 0.15) is 0 Å². The van der Waals surface area contributed by atoms with Crippen LogP contribution in [0.25, 0.3) is 11.8 Å². The molecule has 1 aliphatic rings. The summed E-state index contributed by atoms with van der Waals surface area (Å²) in [5.74, 6) is 0.271. The van der Waals surface area contributed by atoms with Crippen LogP contribution in [0.15, 0.2) is 70.8 Å². The summed E-state index contributed by atoms with van der Waals surface area (Å²) in [5.41, 5.74) is 0.374. The van der Waals surface area contributed by atoms with E-state index in [1.54, 1.807) is 11.3 Å². The fourth-order valence-corrected chi connectivity index (χ4v) is 5.65. The van der Waals surface area contributed by atoms with Gasteiger partial charge >= 0.3 is 6.18 Å². The van der Waals surface area contributed by atoms with E-state index in [4.69, 9.17) is 0 Å². The van der Waals surface area contributed by atoms with Gasteiger partial charge in [-0.1, -0.05) is 49.9 Å². The first-order chi connectivity index (χ1) is 17.2. The van der Waals surface area contributed by atoms with Gasteiger partial charge in [0, 0.05) is 22.9 Å². The lowest BCUT2D eigenvalue weighted by Crippen LogP contribution is -2.37. The molecule has 0 saturated carbocycles. The molecule has 36 heavy (non-hydrogen) atoms. The fraction of sp³-hybridized carbons (Fsp3) is 0.360. The Morgan fingerprint density at radius 1 is 1.44 bits per heavy atom. The molecule has 0 amide bonds. The molecule has 6 nitrogen and oxygen atoms in total. The van der Waals surface area contributed by atoms with Gasteiger partial charge in [-0.2, -0.15) is 13.2 Å². The van der Waals surface area contributed by atoms with Crippen LogP contribution in [0.3, 0.4) is 0 Å². The van der Waals surface area contributed by atoms with E-state index < -0.39 is 34.8 Å². The normalized spacial score (nSPS) is 18.7. The van der Waals surface area contributed by atoms with Gasteiger partial charge in [-0.3, -0.25) is 14.1 Å². The number of aliphatic hydroxyl groups excluding tert-OH is 1. The Labute approximate surface area is 215 Å². The number of aliphatic hydroxyl groups is 1. The number of allylic oxidation sites excluding steroid dienone is 6. The summed E-state index contributed by atoms with van der Waals surface area (Å²) in [6, 6.07) is 3.22. The van der Waals surface area contributed by atoms with Gasteiger partial charge in [-0.25, -0.2) is 0 Å². The van der Waals surface area contributed by atoms with Gasteiger partial charge in [0.15, 0.2) is 12.1 Å². The average molecular weight is 539 g/mol. The molecule has 2 aromatic heterocycles. The quantitative estimate of drug-likeness (QED) is 0.280. The molecule has 0 fully saturated rings. The van der Waals surface area contributed by atoms with Crippen LogP contribution in [0, 0.1) is 0 Å². The minimum absolute atomic E-state index is 0.00385. The van der Waals surface area contributed by atoms with E-state index in [9.17, 15) is 22.5 Å². The molecule has 2 heterocycles.